The lowest BCUT2D eigenvalue weighted by atomic mass is 9.72. The Kier molecular flexibility index (Phi) is 6.54. The third kappa shape index (κ3) is 4.44. The number of likely N-dealkylation sites (tertiary alicyclic amines) is 1. The van der Waals surface area contributed by atoms with E-state index in [1.54, 1.807) is 11.3 Å². The van der Waals surface area contributed by atoms with Crippen LogP contribution in [0, 0.1) is 5.41 Å². The number of benzene rings is 1. The lowest BCUT2D eigenvalue weighted by Gasteiger charge is -2.41. The predicted molar refractivity (Wildman–Crippen MR) is 119 cm³/mol. The smallest absolute Gasteiger partial charge is 0.251 e. The van der Waals surface area contributed by atoms with Crippen molar-refractivity contribution < 1.29 is 14.3 Å². The minimum absolute atomic E-state index is 0.0947. The first-order valence-electron chi connectivity index (χ1n) is 10.9. The fourth-order valence-corrected chi connectivity index (χ4v) is 5.32. The molecule has 1 atom stereocenters. The molecule has 0 bridgehead atoms. The van der Waals surface area contributed by atoms with Crippen LogP contribution in [0.5, 0.6) is 0 Å². The van der Waals surface area contributed by atoms with Crippen LogP contribution in [0.3, 0.4) is 0 Å². The van der Waals surface area contributed by atoms with Crippen molar-refractivity contribution in [1.82, 2.24) is 10.2 Å². The highest BCUT2D eigenvalue weighted by Gasteiger charge is 2.43. The summed E-state index contributed by atoms with van der Waals surface area (Å²) in [6, 6.07) is 12.7. The summed E-state index contributed by atoms with van der Waals surface area (Å²) in [5.74, 6) is 0.203. The molecule has 2 fully saturated rings. The van der Waals surface area contributed by atoms with Gasteiger partial charge in [-0.3, -0.25) is 9.59 Å². The summed E-state index contributed by atoms with van der Waals surface area (Å²) < 4.78 is 5.57. The molecule has 5 nitrogen and oxygen atoms in total. The van der Waals surface area contributed by atoms with Crippen LogP contribution in [0.25, 0.3) is 10.4 Å². The van der Waals surface area contributed by atoms with Gasteiger partial charge in [0.15, 0.2) is 0 Å². The summed E-state index contributed by atoms with van der Waals surface area (Å²) in [6.45, 7) is 4.48. The highest BCUT2D eigenvalue weighted by Crippen LogP contribution is 2.37. The molecule has 1 aromatic heterocycles. The van der Waals surface area contributed by atoms with Crippen molar-refractivity contribution in [3.05, 3.63) is 47.3 Å². The Morgan fingerprint density at radius 1 is 1.20 bits per heavy atom. The Balaban J connectivity index is 1.46. The molecule has 4 rings (SSSR count). The molecule has 3 heterocycles. The number of nitrogens with one attached hydrogen (secondary N) is 1. The summed E-state index contributed by atoms with van der Waals surface area (Å²) >= 11 is 1.73. The van der Waals surface area contributed by atoms with Gasteiger partial charge in [-0.15, -0.1) is 11.3 Å². The standard InChI is InChI=1S/C24H30N2O3S/c1-2-25-23(28)24(11-13-26(14-12-24)22(27)20-5-3-15-29-20)17-18-7-9-19(10-8-18)21-6-4-16-30-21/h4,6-10,16,20H,2-3,5,11-15,17H2,1H3,(H,25,28)/t20-/m1/s1. The lowest BCUT2D eigenvalue weighted by Crippen LogP contribution is -2.52. The minimum Gasteiger partial charge on any atom is -0.368 e. The van der Waals surface area contributed by atoms with Gasteiger partial charge in [-0.2, -0.15) is 0 Å². The molecular formula is C24H30N2O3S. The lowest BCUT2D eigenvalue weighted by molar-refractivity contribution is -0.146. The third-order valence-corrected chi connectivity index (χ3v) is 7.28. The van der Waals surface area contributed by atoms with Crippen molar-refractivity contribution in [2.75, 3.05) is 26.2 Å². The van der Waals surface area contributed by atoms with Crippen molar-refractivity contribution >= 4 is 23.2 Å². The molecule has 30 heavy (non-hydrogen) atoms. The van der Waals surface area contributed by atoms with Crippen molar-refractivity contribution in [2.24, 2.45) is 5.41 Å². The van der Waals surface area contributed by atoms with E-state index in [0.717, 1.165) is 12.8 Å². The van der Waals surface area contributed by atoms with Gasteiger partial charge in [0.2, 0.25) is 5.91 Å². The van der Waals surface area contributed by atoms with Crippen LogP contribution < -0.4 is 5.32 Å². The fourth-order valence-electron chi connectivity index (χ4n) is 4.58. The van der Waals surface area contributed by atoms with Crippen molar-refractivity contribution in [3.63, 3.8) is 0 Å². The van der Waals surface area contributed by atoms with Crippen LogP contribution in [0.1, 0.15) is 38.2 Å². The van der Waals surface area contributed by atoms with Crippen molar-refractivity contribution in [1.29, 1.82) is 0 Å². The van der Waals surface area contributed by atoms with Crippen LogP contribution in [0.4, 0.5) is 0 Å². The van der Waals surface area contributed by atoms with E-state index in [1.165, 1.54) is 16.0 Å². The molecule has 2 amide bonds. The van der Waals surface area contributed by atoms with E-state index in [9.17, 15) is 9.59 Å². The molecule has 2 saturated heterocycles. The second-order valence-electron chi connectivity index (χ2n) is 8.32. The maximum absolute atomic E-state index is 13.1. The number of hydrogen-bond donors (Lipinski definition) is 1. The highest BCUT2D eigenvalue weighted by atomic mass is 32.1. The summed E-state index contributed by atoms with van der Waals surface area (Å²) in [4.78, 5) is 28.9. The Bertz CT molecular complexity index is 849. The van der Waals surface area contributed by atoms with Gasteiger partial charge < -0.3 is 15.0 Å². The maximum Gasteiger partial charge on any atom is 0.251 e. The van der Waals surface area contributed by atoms with E-state index in [1.807, 2.05) is 11.8 Å². The Labute approximate surface area is 182 Å². The van der Waals surface area contributed by atoms with Gasteiger partial charge in [0, 0.05) is 31.1 Å². The zero-order valence-corrected chi connectivity index (χ0v) is 18.4. The van der Waals surface area contributed by atoms with Gasteiger partial charge in [-0.05, 0) is 61.6 Å². The number of rotatable bonds is 6. The summed E-state index contributed by atoms with van der Waals surface area (Å²) in [5.41, 5.74) is 1.91. The minimum atomic E-state index is -0.465. The van der Waals surface area contributed by atoms with Gasteiger partial charge in [0.25, 0.3) is 5.91 Å². The van der Waals surface area contributed by atoms with Gasteiger partial charge in [0.05, 0.1) is 5.41 Å². The Hall–Kier alpha value is -2.18. The van der Waals surface area contributed by atoms with Crippen LogP contribution >= 0.6 is 11.3 Å². The average molecular weight is 427 g/mol. The summed E-state index contributed by atoms with van der Waals surface area (Å²) in [5, 5.41) is 5.13. The maximum atomic E-state index is 13.1. The second kappa shape index (κ2) is 9.31. The average Bonchev–Trinajstić information content (AvgIpc) is 3.49. The van der Waals surface area contributed by atoms with E-state index in [0.29, 0.717) is 45.5 Å². The Morgan fingerprint density at radius 2 is 1.97 bits per heavy atom. The van der Waals surface area contributed by atoms with Crippen LogP contribution in [0.2, 0.25) is 0 Å². The Morgan fingerprint density at radius 3 is 2.57 bits per heavy atom. The quantitative estimate of drug-likeness (QED) is 0.763. The first-order valence-corrected chi connectivity index (χ1v) is 11.8. The zero-order chi connectivity index (χ0) is 21.0. The van der Waals surface area contributed by atoms with E-state index in [4.69, 9.17) is 4.74 Å². The number of ether oxygens (including phenoxy) is 1. The molecule has 160 valence electrons. The van der Waals surface area contributed by atoms with Gasteiger partial charge in [-0.25, -0.2) is 0 Å². The molecule has 0 unspecified atom stereocenters. The highest BCUT2D eigenvalue weighted by molar-refractivity contribution is 7.13. The van der Waals surface area contributed by atoms with E-state index >= 15 is 0 Å². The molecule has 0 aliphatic carbocycles. The van der Waals surface area contributed by atoms with Gasteiger partial charge in [0.1, 0.15) is 6.10 Å². The topological polar surface area (TPSA) is 58.6 Å². The fraction of sp³-hybridized carbons (Fsp3) is 0.500. The number of carbonyl (C=O) groups excluding carboxylic acids is 2. The largest absolute Gasteiger partial charge is 0.368 e. The predicted octanol–water partition coefficient (Wildman–Crippen LogP) is 3.88. The van der Waals surface area contributed by atoms with Crippen LogP contribution in [-0.4, -0.2) is 49.1 Å². The SMILES string of the molecule is CCNC(=O)C1(Cc2ccc(-c3cccs3)cc2)CCN(C(=O)[C@H]2CCCO2)CC1. The van der Waals surface area contributed by atoms with Gasteiger partial charge >= 0.3 is 0 Å². The molecular weight excluding hydrogens is 396 g/mol. The molecule has 0 radical (unpaired) electrons. The number of hydrogen-bond acceptors (Lipinski definition) is 4. The molecule has 2 aromatic rings. The van der Waals surface area contributed by atoms with Crippen molar-refractivity contribution in [3.8, 4) is 10.4 Å². The first-order chi connectivity index (χ1) is 14.6. The molecule has 1 N–H and O–H groups in total. The zero-order valence-electron chi connectivity index (χ0n) is 17.6. The second-order valence-corrected chi connectivity index (χ2v) is 9.27. The van der Waals surface area contributed by atoms with E-state index in [2.05, 4.69) is 47.1 Å². The van der Waals surface area contributed by atoms with Crippen molar-refractivity contribution in [2.45, 2.75) is 45.1 Å². The van der Waals surface area contributed by atoms with Crippen LogP contribution in [0.15, 0.2) is 41.8 Å². The molecule has 2 aliphatic rings. The number of carbonyl (C=O) groups is 2. The molecule has 2 aliphatic heterocycles. The van der Waals surface area contributed by atoms with E-state index < -0.39 is 5.41 Å². The molecule has 1 aromatic carbocycles. The summed E-state index contributed by atoms with van der Waals surface area (Å²) in [7, 11) is 0. The van der Waals surface area contributed by atoms with Gasteiger partial charge in [-0.1, -0.05) is 30.3 Å². The normalized spacial score (nSPS) is 20.8. The monoisotopic (exact) mass is 426 g/mol. The molecule has 0 spiro atoms. The number of nitrogens with zero attached hydrogens (tertiary/aromatic N) is 1. The molecule has 6 heteroatoms. The van der Waals surface area contributed by atoms with Crippen LogP contribution in [-0.2, 0) is 20.7 Å². The first kappa shape index (κ1) is 21.1. The van der Waals surface area contributed by atoms with E-state index in [-0.39, 0.29) is 17.9 Å². The third-order valence-electron chi connectivity index (χ3n) is 6.36. The summed E-state index contributed by atoms with van der Waals surface area (Å²) in [6.07, 6.45) is 3.55. The number of thiophene rings is 1. The molecule has 0 saturated carbocycles. The number of piperidine rings is 1. The number of amides is 2.